The van der Waals surface area contributed by atoms with Crippen molar-refractivity contribution < 1.29 is 8.42 Å². The number of nitrogens with one attached hydrogen (secondary N) is 2. The Balaban J connectivity index is 0.00000392. The minimum atomic E-state index is -3.32. The summed E-state index contributed by atoms with van der Waals surface area (Å²) in [5.41, 5.74) is -0.137. The summed E-state index contributed by atoms with van der Waals surface area (Å²) in [5, 5.41) is 6.41. The third kappa shape index (κ3) is 8.08. The minimum absolute atomic E-state index is 0. The second-order valence-electron chi connectivity index (χ2n) is 7.53. The average Bonchev–Trinajstić information content (AvgIpc) is 2.61. The Bertz CT molecular complexity index is 713. The first-order chi connectivity index (χ1) is 12.7. The zero-order valence-corrected chi connectivity index (χ0v) is 20.3. The molecule has 28 heavy (non-hydrogen) atoms. The van der Waals surface area contributed by atoms with Crippen LogP contribution < -0.4 is 15.5 Å². The third-order valence-corrected chi connectivity index (χ3v) is 5.91. The van der Waals surface area contributed by atoms with Crippen LogP contribution in [0, 0.1) is 0 Å². The largest absolute Gasteiger partial charge is 0.357 e. The zero-order valence-electron chi connectivity index (χ0n) is 17.2. The van der Waals surface area contributed by atoms with Gasteiger partial charge >= 0.3 is 0 Å². The molecule has 0 amide bonds. The monoisotopic (exact) mass is 524 g/mol. The molecule has 0 atom stereocenters. The maximum Gasteiger partial charge on any atom is 0.216 e. The van der Waals surface area contributed by atoms with Crippen molar-refractivity contribution in [3.63, 3.8) is 0 Å². The molecule has 0 aromatic carbocycles. The second kappa shape index (κ2) is 11.1. The van der Waals surface area contributed by atoms with Crippen molar-refractivity contribution in [2.75, 3.05) is 49.9 Å². The molecule has 160 valence electrons. The molecule has 1 fully saturated rings. The molecule has 1 aliphatic rings. The maximum absolute atomic E-state index is 12.6. The van der Waals surface area contributed by atoms with Crippen LogP contribution in [0.1, 0.15) is 27.7 Å². The van der Waals surface area contributed by atoms with E-state index in [0.29, 0.717) is 32.1 Å². The van der Waals surface area contributed by atoms with Gasteiger partial charge in [-0.25, -0.2) is 13.4 Å². The zero-order chi connectivity index (χ0) is 19.9. The molecule has 0 radical (unpaired) electrons. The van der Waals surface area contributed by atoms with Gasteiger partial charge in [0.05, 0.1) is 12.3 Å². The molecule has 0 saturated carbocycles. The van der Waals surface area contributed by atoms with Gasteiger partial charge in [-0.2, -0.15) is 4.31 Å². The van der Waals surface area contributed by atoms with E-state index in [4.69, 9.17) is 0 Å². The fourth-order valence-electron chi connectivity index (χ4n) is 2.80. The van der Waals surface area contributed by atoms with E-state index in [1.54, 1.807) is 10.5 Å². The molecule has 2 heterocycles. The standard InChI is InChI=1S/C18H32N6O2S.HI/c1-5-19-17(22-18(2,3)4)21-10-15-27(25,26)24-13-11-23(12-14-24)16-8-6-7-9-20-16;/h6-9H,5,10-15H2,1-4H3,(H2,19,21,22);1H. The van der Waals surface area contributed by atoms with Crippen LogP contribution in [0.25, 0.3) is 0 Å². The molecule has 1 aromatic heterocycles. The van der Waals surface area contributed by atoms with Gasteiger partial charge in [-0.05, 0) is 39.8 Å². The molecule has 0 spiro atoms. The van der Waals surface area contributed by atoms with E-state index in [1.807, 2.05) is 45.9 Å². The Morgan fingerprint density at radius 1 is 1.21 bits per heavy atom. The Hall–Kier alpha value is -1.14. The van der Waals surface area contributed by atoms with Crippen LogP contribution in [-0.4, -0.2) is 74.2 Å². The Labute approximate surface area is 186 Å². The van der Waals surface area contributed by atoms with Crippen LogP contribution in [0.4, 0.5) is 5.82 Å². The molecule has 10 heteroatoms. The van der Waals surface area contributed by atoms with E-state index in [1.165, 1.54) is 0 Å². The topological polar surface area (TPSA) is 89.9 Å². The van der Waals surface area contributed by atoms with Crippen LogP contribution in [0.5, 0.6) is 0 Å². The smallest absolute Gasteiger partial charge is 0.216 e. The predicted octanol–water partition coefficient (Wildman–Crippen LogP) is 1.51. The predicted molar refractivity (Wildman–Crippen MR) is 126 cm³/mol. The lowest BCUT2D eigenvalue weighted by molar-refractivity contribution is 0.384. The fraction of sp³-hybridized carbons (Fsp3) is 0.667. The molecule has 2 rings (SSSR count). The number of aliphatic imine (C=N–C) groups is 1. The van der Waals surface area contributed by atoms with Gasteiger partial charge in [-0.1, -0.05) is 6.07 Å². The van der Waals surface area contributed by atoms with Gasteiger partial charge in [0, 0.05) is 44.5 Å². The van der Waals surface area contributed by atoms with E-state index in [9.17, 15) is 8.42 Å². The number of sulfonamides is 1. The number of aromatic nitrogens is 1. The van der Waals surface area contributed by atoms with Crippen LogP contribution in [0.15, 0.2) is 29.4 Å². The molecule has 1 saturated heterocycles. The number of halogens is 1. The molecule has 2 N–H and O–H groups in total. The Morgan fingerprint density at radius 2 is 1.89 bits per heavy atom. The highest BCUT2D eigenvalue weighted by Gasteiger charge is 2.27. The van der Waals surface area contributed by atoms with Crippen LogP contribution in [0.3, 0.4) is 0 Å². The van der Waals surface area contributed by atoms with Gasteiger partial charge in [-0.15, -0.1) is 24.0 Å². The van der Waals surface area contributed by atoms with Gasteiger partial charge in [0.2, 0.25) is 10.0 Å². The molecule has 1 aromatic rings. The number of nitrogens with zero attached hydrogens (tertiary/aromatic N) is 4. The first-order valence-electron chi connectivity index (χ1n) is 9.41. The lowest BCUT2D eigenvalue weighted by atomic mass is 10.1. The van der Waals surface area contributed by atoms with E-state index >= 15 is 0 Å². The van der Waals surface area contributed by atoms with Crippen molar-refractivity contribution in [2.45, 2.75) is 33.2 Å². The molecule has 0 unspecified atom stereocenters. The van der Waals surface area contributed by atoms with E-state index in [0.717, 1.165) is 12.4 Å². The van der Waals surface area contributed by atoms with E-state index in [-0.39, 0.29) is 41.8 Å². The van der Waals surface area contributed by atoms with Gasteiger partial charge < -0.3 is 15.5 Å². The van der Waals surface area contributed by atoms with Crippen LogP contribution in [-0.2, 0) is 10.0 Å². The summed E-state index contributed by atoms with van der Waals surface area (Å²) in [4.78, 5) is 10.9. The van der Waals surface area contributed by atoms with Crippen molar-refractivity contribution in [2.24, 2.45) is 4.99 Å². The lowest BCUT2D eigenvalue weighted by Crippen LogP contribution is -2.50. The quantitative estimate of drug-likeness (QED) is 0.333. The summed E-state index contributed by atoms with van der Waals surface area (Å²) in [6, 6.07) is 5.77. The summed E-state index contributed by atoms with van der Waals surface area (Å²) in [6.45, 7) is 11.3. The summed E-state index contributed by atoms with van der Waals surface area (Å²) in [6.07, 6.45) is 1.75. The normalized spacial score (nSPS) is 16.4. The summed E-state index contributed by atoms with van der Waals surface area (Å²) >= 11 is 0. The average molecular weight is 524 g/mol. The maximum atomic E-state index is 12.6. The van der Waals surface area contributed by atoms with Gasteiger partial charge in [-0.3, -0.25) is 4.99 Å². The fourth-order valence-corrected chi connectivity index (χ4v) is 4.10. The Morgan fingerprint density at radius 3 is 2.43 bits per heavy atom. The number of hydrogen-bond acceptors (Lipinski definition) is 5. The van der Waals surface area contributed by atoms with Gasteiger partial charge in [0.15, 0.2) is 5.96 Å². The third-order valence-electron chi connectivity index (χ3n) is 4.06. The van der Waals surface area contributed by atoms with Gasteiger partial charge in [0.25, 0.3) is 0 Å². The summed E-state index contributed by atoms with van der Waals surface area (Å²) in [7, 11) is -3.32. The molecule has 0 bridgehead atoms. The van der Waals surface area contributed by atoms with Crippen molar-refractivity contribution >= 4 is 45.8 Å². The summed E-state index contributed by atoms with van der Waals surface area (Å²) < 4.78 is 26.8. The minimum Gasteiger partial charge on any atom is -0.357 e. The number of guanidine groups is 1. The first-order valence-corrected chi connectivity index (χ1v) is 11.0. The van der Waals surface area contributed by atoms with Crippen molar-refractivity contribution in [3.05, 3.63) is 24.4 Å². The van der Waals surface area contributed by atoms with E-state index < -0.39 is 10.0 Å². The Kier molecular flexibility index (Phi) is 9.91. The molecular formula is C18H33IN6O2S. The number of hydrogen-bond donors (Lipinski definition) is 2. The molecule has 0 aliphatic carbocycles. The highest BCUT2D eigenvalue weighted by molar-refractivity contribution is 14.0. The van der Waals surface area contributed by atoms with Crippen LogP contribution in [0.2, 0.25) is 0 Å². The highest BCUT2D eigenvalue weighted by atomic mass is 127. The first kappa shape index (κ1) is 24.9. The highest BCUT2D eigenvalue weighted by Crippen LogP contribution is 2.14. The lowest BCUT2D eigenvalue weighted by Gasteiger charge is -2.34. The van der Waals surface area contributed by atoms with E-state index in [2.05, 4.69) is 25.5 Å². The van der Waals surface area contributed by atoms with Crippen molar-refractivity contribution in [1.82, 2.24) is 19.9 Å². The number of anilines is 1. The van der Waals surface area contributed by atoms with Crippen molar-refractivity contribution in [1.29, 1.82) is 0 Å². The molecular weight excluding hydrogens is 491 g/mol. The molecule has 8 nitrogen and oxygen atoms in total. The second-order valence-corrected chi connectivity index (χ2v) is 9.61. The van der Waals surface area contributed by atoms with Crippen LogP contribution >= 0.6 is 24.0 Å². The number of piperazine rings is 1. The van der Waals surface area contributed by atoms with Gasteiger partial charge in [0.1, 0.15) is 5.82 Å². The summed E-state index contributed by atoms with van der Waals surface area (Å²) in [5.74, 6) is 1.54. The SMILES string of the molecule is CCNC(=NCCS(=O)(=O)N1CCN(c2ccccn2)CC1)NC(C)(C)C.I. The number of pyridine rings is 1. The number of rotatable bonds is 6. The molecule has 1 aliphatic heterocycles. The van der Waals surface area contributed by atoms with Crippen molar-refractivity contribution in [3.8, 4) is 0 Å².